The van der Waals surface area contributed by atoms with Crippen LogP contribution in [0.2, 0.25) is 0 Å². The summed E-state index contributed by atoms with van der Waals surface area (Å²) in [5, 5.41) is 12.8. The summed E-state index contributed by atoms with van der Waals surface area (Å²) in [4.78, 5) is 27.0. The molecule has 3 fully saturated rings. The van der Waals surface area contributed by atoms with E-state index in [0.717, 1.165) is 32.4 Å². The Morgan fingerprint density at radius 1 is 1.08 bits per heavy atom. The largest absolute Gasteiger partial charge is 0.391 e. The van der Waals surface area contributed by atoms with Crippen molar-refractivity contribution < 1.29 is 14.7 Å². The molecule has 1 aliphatic heterocycles. The van der Waals surface area contributed by atoms with Crippen molar-refractivity contribution in [2.75, 3.05) is 13.1 Å². The number of hydrogen-bond donors (Lipinski definition) is 2. The molecule has 5 heteroatoms. The Hall–Kier alpha value is -1.10. The van der Waals surface area contributed by atoms with Crippen molar-refractivity contribution in [1.29, 1.82) is 0 Å². The van der Waals surface area contributed by atoms with Gasteiger partial charge in [-0.3, -0.25) is 9.59 Å². The van der Waals surface area contributed by atoms with Gasteiger partial charge in [0.1, 0.15) is 6.04 Å². The number of nitrogens with one attached hydrogen (secondary N) is 1. The second kappa shape index (κ2) is 7.42. The van der Waals surface area contributed by atoms with E-state index in [1.807, 2.05) is 4.90 Å². The molecular weight excluding hydrogens is 304 g/mol. The van der Waals surface area contributed by atoms with Gasteiger partial charge in [0.25, 0.3) is 0 Å². The van der Waals surface area contributed by atoms with E-state index in [1.165, 1.54) is 44.9 Å². The molecule has 3 aliphatic rings. The van der Waals surface area contributed by atoms with Crippen LogP contribution in [0.15, 0.2) is 0 Å². The number of likely N-dealkylation sites (tertiary alicyclic amines) is 1. The number of amides is 2. The molecule has 136 valence electrons. The number of rotatable bonds is 4. The molecular formula is C19H32N2O3. The van der Waals surface area contributed by atoms with Gasteiger partial charge in [-0.2, -0.15) is 0 Å². The van der Waals surface area contributed by atoms with Crippen molar-refractivity contribution in [2.45, 2.75) is 83.3 Å². The van der Waals surface area contributed by atoms with Gasteiger partial charge in [0, 0.05) is 19.0 Å². The average molecular weight is 336 g/mol. The van der Waals surface area contributed by atoms with E-state index >= 15 is 0 Å². The summed E-state index contributed by atoms with van der Waals surface area (Å²) in [7, 11) is 0. The van der Waals surface area contributed by atoms with Gasteiger partial charge in [0.15, 0.2) is 0 Å². The van der Waals surface area contributed by atoms with Crippen LogP contribution in [0, 0.1) is 11.3 Å². The van der Waals surface area contributed by atoms with Crippen LogP contribution in [0.25, 0.3) is 0 Å². The van der Waals surface area contributed by atoms with Crippen LogP contribution in [0.4, 0.5) is 0 Å². The molecule has 0 bridgehead atoms. The number of hydrogen-bond acceptors (Lipinski definition) is 3. The molecule has 0 aromatic rings. The van der Waals surface area contributed by atoms with Gasteiger partial charge in [-0.05, 0) is 50.9 Å². The van der Waals surface area contributed by atoms with Crippen molar-refractivity contribution in [3.63, 3.8) is 0 Å². The predicted octanol–water partition coefficient (Wildman–Crippen LogP) is 2.22. The van der Waals surface area contributed by atoms with Crippen molar-refractivity contribution in [3.05, 3.63) is 0 Å². The first-order valence-electron chi connectivity index (χ1n) is 9.78. The van der Waals surface area contributed by atoms with Crippen LogP contribution >= 0.6 is 0 Å². The summed E-state index contributed by atoms with van der Waals surface area (Å²) in [5.41, 5.74) is 0.272. The summed E-state index contributed by atoms with van der Waals surface area (Å²) < 4.78 is 0. The molecule has 2 N–H and O–H groups in total. The molecule has 5 nitrogen and oxygen atoms in total. The average Bonchev–Trinajstić information content (AvgIpc) is 3.40. The third-order valence-corrected chi connectivity index (χ3v) is 6.13. The van der Waals surface area contributed by atoms with E-state index in [9.17, 15) is 14.7 Å². The van der Waals surface area contributed by atoms with Gasteiger partial charge in [-0.15, -0.1) is 0 Å². The van der Waals surface area contributed by atoms with E-state index in [2.05, 4.69) is 5.32 Å². The Labute approximate surface area is 145 Å². The lowest BCUT2D eigenvalue weighted by Crippen LogP contribution is -2.57. The zero-order chi connectivity index (χ0) is 17.2. The second-order valence-corrected chi connectivity index (χ2v) is 8.28. The maximum atomic E-state index is 13.0. The fourth-order valence-corrected chi connectivity index (χ4v) is 4.48. The first kappa shape index (κ1) is 17.7. The molecule has 24 heavy (non-hydrogen) atoms. The van der Waals surface area contributed by atoms with E-state index in [1.54, 1.807) is 6.92 Å². The van der Waals surface area contributed by atoms with Crippen molar-refractivity contribution in [3.8, 4) is 0 Å². The predicted molar refractivity (Wildman–Crippen MR) is 92.3 cm³/mol. The lowest BCUT2D eigenvalue weighted by Gasteiger charge is -2.44. The van der Waals surface area contributed by atoms with Crippen molar-refractivity contribution >= 4 is 11.8 Å². The van der Waals surface area contributed by atoms with Gasteiger partial charge < -0.3 is 15.3 Å². The topological polar surface area (TPSA) is 69.6 Å². The minimum absolute atomic E-state index is 0.0496. The third-order valence-electron chi connectivity index (χ3n) is 6.13. The van der Waals surface area contributed by atoms with E-state index in [0.29, 0.717) is 0 Å². The van der Waals surface area contributed by atoms with Crippen LogP contribution < -0.4 is 5.32 Å². The summed E-state index contributed by atoms with van der Waals surface area (Å²) >= 11 is 0. The van der Waals surface area contributed by atoms with Crippen molar-refractivity contribution in [2.24, 2.45) is 11.3 Å². The van der Waals surface area contributed by atoms with Gasteiger partial charge in [0.2, 0.25) is 11.8 Å². The van der Waals surface area contributed by atoms with Crippen LogP contribution in [0.5, 0.6) is 0 Å². The van der Waals surface area contributed by atoms with Crippen molar-refractivity contribution in [1.82, 2.24) is 10.2 Å². The Kier molecular flexibility index (Phi) is 5.48. The van der Waals surface area contributed by atoms with E-state index in [4.69, 9.17) is 0 Å². The van der Waals surface area contributed by atoms with Crippen LogP contribution in [-0.2, 0) is 9.59 Å². The fourth-order valence-electron chi connectivity index (χ4n) is 4.48. The van der Waals surface area contributed by atoms with E-state index < -0.39 is 12.1 Å². The third kappa shape index (κ3) is 4.11. The normalized spacial score (nSPS) is 26.5. The fraction of sp³-hybridized carbons (Fsp3) is 0.895. The number of piperidine rings is 1. The first-order chi connectivity index (χ1) is 11.5. The number of carbonyl (C=O) groups is 2. The van der Waals surface area contributed by atoms with E-state index in [-0.39, 0.29) is 23.1 Å². The highest BCUT2D eigenvalue weighted by molar-refractivity contribution is 5.89. The maximum Gasteiger partial charge on any atom is 0.247 e. The Morgan fingerprint density at radius 2 is 1.71 bits per heavy atom. The Balaban J connectivity index is 1.65. The lowest BCUT2D eigenvalue weighted by molar-refractivity contribution is -0.142. The summed E-state index contributed by atoms with van der Waals surface area (Å²) in [6, 6.07) is -0.793. The standard InChI is InChI=1S/C19H32N2O3/c1-14(22)16(20-17(23)15-7-8-15)18(24)21-12-6-11-19(13-21)9-4-2-3-5-10-19/h14-16,22H,2-13H2,1H3,(H,20,23). The number of carbonyl (C=O) groups excluding carboxylic acids is 2. The van der Waals surface area contributed by atoms with Crippen LogP contribution in [0.1, 0.15) is 71.1 Å². The van der Waals surface area contributed by atoms with Gasteiger partial charge in [-0.1, -0.05) is 25.7 Å². The number of nitrogens with zero attached hydrogens (tertiary/aromatic N) is 1. The summed E-state index contributed by atoms with van der Waals surface area (Å²) in [6.45, 7) is 3.15. The zero-order valence-corrected chi connectivity index (χ0v) is 14.9. The SMILES string of the molecule is CC(O)C(NC(=O)C1CC1)C(=O)N1CCCC2(CCCCCC2)C1. The molecule has 2 atom stereocenters. The highest BCUT2D eigenvalue weighted by Crippen LogP contribution is 2.42. The summed E-state index contributed by atoms with van der Waals surface area (Å²) in [6.07, 6.45) is 10.8. The maximum absolute atomic E-state index is 13.0. The van der Waals surface area contributed by atoms with Gasteiger partial charge >= 0.3 is 0 Å². The number of aliphatic hydroxyl groups is 1. The Bertz CT molecular complexity index is 465. The van der Waals surface area contributed by atoms with Gasteiger partial charge in [0.05, 0.1) is 6.10 Å². The first-order valence-corrected chi connectivity index (χ1v) is 9.78. The zero-order valence-electron chi connectivity index (χ0n) is 14.9. The molecule has 0 radical (unpaired) electrons. The molecule has 0 aromatic heterocycles. The molecule has 2 unspecified atom stereocenters. The smallest absolute Gasteiger partial charge is 0.247 e. The Morgan fingerprint density at radius 3 is 2.29 bits per heavy atom. The molecule has 0 aromatic carbocycles. The lowest BCUT2D eigenvalue weighted by atomic mass is 9.74. The highest BCUT2D eigenvalue weighted by atomic mass is 16.3. The van der Waals surface area contributed by atoms with Crippen LogP contribution in [0.3, 0.4) is 0 Å². The molecule has 2 amide bonds. The second-order valence-electron chi connectivity index (χ2n) is 8.28. The quantitative estimate of drug-likeness (QED) is 0.827. The molecule has 2 saturated carbocycles. The highest BCUT2D eigenvalue weighted by Gasteiger charge is 2.41. The monoisotopic (exact) mass is 336 g/mol. The molecule has 1 spiro atoms. The molecule has 1 heterocycles. The van der Waals surface area contributed by atoms with Gasteiger partial charge in [-0.25, -0.2) is 0 Å². The minimum Gasteiger partial charge on any atom is -0.391 e. The molecule has 1 saturated heterocycles. The molecule has 2 aliphatic carbocycles. The minimum atomic E-state index is -0.854. The number of aliphatic hydroxyl groups excluding tert-OH is 1. The van der Waals surface area contributed by atoms with Crippen LogP contribution in [-0.4, -0.2) is 47.1 Å². The molecule has 3 rings (SSSR count). The summed E-state index contributed by atoms with van der Waals surface area (Å²) in [5.74, 6) is -0.119.